The van der Waals surface area contributed by atoms with Crippen LogP contribution in [0.25, 0.3) is 11.0 Å². The Balaban J connectivity index is 1.68. The van der Waals surface area contributed by atoms with Gasteiger partial charge in [0.25, 0.3) is 0 Å². The van der Waals surface area contributed by atoms with Crippen molar-refractivity contribution in [1.82, 2.24) is 19.9 Å². The van der Waals surface area contributed by atoms with Crippen LogP contribution >= 0.6 is 11.3 Å². The second-order valence-corrected chi connectivity index (χ2v) is 6.10. The molecule has 4 aromatic heterocycles. The second kappa shape index (κ2) is 6.21. The minimum absolute atomic E-state index is 0.0959. The summed E-state index contributed by atoms with van der Waals surface area (Å²) in [4.78, 5) is 29.4. The smallest absolute Gasteiger partial charge is 0.225 e. The third kappa shape index (κ3) is 2.77. The fourth-order valence-corrected chi connectivity index (χ4v) is 3.07. The largest absolute Gasteiger partial charge is 0.350 e. The van der Waals surface area contributed by atoms with Crippen LogP contribution in [0.1, 0.15) is 20.9 Å². The van der Waals surface area contributed by atoms with Gasteiger partial charge < -0.3 is 10.3 Å². The van der Waals surface area contributed by atoms with Crippen LogP contribution < -0.4 is 5.32 Å². The van der Waals surface area contributed by atoms with E-state index in [9.17, 15) is 4.79 Å². The van der Waals surface area contributed by atoms with Crippen molar-refractivity contribution >= 4 is 34.1 Å². The van der Waals surface area contributed by atoms with E-state index in [-0.39, 0.29) is 5.78 Å². The monoisotopic (exact) mass is 335 g/mol. The number of fused-ring (bicyclic) bond motifs is 1. The molecule has 4 aromatic rings. The van der Waals surface area contributed by atoms with Crippen LogP contribution in [0.3, 0.4) is 0 Å². The van der Waals surface area contributed by atoms with Gasteiger partial charge in [-0.05, 0) is 29.1 Å². The van der Waals surface area contributed by atoms with Gasteiger partial charge in [0, 0.05) is 30.5 Å². The van der Waals surface area contributed by atoms with Crippen LogP contribution in [-0.2, 0) is 6.54 Å². The molecule has 4 rings (SSSR count). The van der Waals surface area contributed by atoms with Crippen molar-refractivity contribution in [3.05, 3.63) is 70.4 Å². The highest BCUT2D eigenvalue weighted by Gasteiger charge is 2.18. The highest BCUT2D eigenvalue weighted by Crippen LogP contribution is 2.22. The molecule has 0 spiro atoms. The zero-order valence-electron chi connectivity index (χ0n) is 12.6. The maximum absolute atomic E-state index is 12.7. The molecule has 0 aromatic carbocycles. The molecule has 0 aliphatic heterocycles. The van der Waals surface area contributed by atoms with Crippen molar-refractivity contribution in [2.75, 3.05) is 5.32 Å². The normalized spacial score (nSPS) is 10.8. The summed E-state index contributed by atoms with van der Waals surface area (Å²) < 4.78 is 0. The Morgan fingerprint density at radius 3 is 2.96 bits per heavy atom. The molecule has 0 unspecified atom stereocenters. The van der Waals surface area contributed by atoms with Crippen LogP contribution in [0.15, 0.2) is 54.3 Å². The third-order valence-electron chi connectivity index (χ3n) is 3.55. The topological polar surface area (TPSA) is 83.6 Å². The standard InChI is InChI=1S/C17H13N5OS/c23-15(13-4-2-8-24-13)14-12-5-7-19-16(12)22-17(21-14)20-10-11-3-1-6-18-9-11/h1-9H,10H2,(H2,19,20,21,22). The number of pyridine rings is 1. The molecule has 0 radical (unpaired) electrons. The Bertz CT molecular complexity index is 979. The molecule has 0 atom stereocenters. The molecule has 0 bridgehead atoms. The molecule has 4 heterocycles. The summed E-state index contributed by atoms with van der Waals surface area (Å²) in [5, 5.41) is 5.75. The van der Waals surface area contributed by atoms with Gasteiger partial charge in [0.15, 0.2) is 0 Å². The Labute approximate surface area is 141 Å². The number of aromatic nitrogens is 4. The quantitative estimate of drug-likeness (QED) is 0.547. The molecule has 24 heavy (non-hydrogen) atoms. The molecular weight excluding hydrogens is 322 g/mol. The number of carbonyl (C=O) groups excluding carboxylic acids is 1. The lowest BCUT2D eigenvalue weighted by molar-refractivity contribution is 0.103. The molecular formula is C17H13N5OS. The van der Waals surface area contributed by atoms with Crippen LogP contribution in [-0.4, -0.2) is 25.7 Å². The minimum Gasteiger partial charge on any atom is -0.350 e. The summed E-state index contributed by atoms with van der Waals surface area (Å²) >= 11 is 1.40. The number of aromatic amines is 1. The summed E-state index contributed by atoms with van der Waals surface area (Å²) in [6.07, 6.45) is 5.26. The van der Waals surface area contributed by atoms with E-state index >= 15 is 0 Å². The van der Waals surface area contributed by atoms with E-state index in [1.807, 2.05) is 29.6 Å². The zero-order chi connectivity index (χ0) is 16.4. The average molecular weight is 335 g/mol. The first-order chi connectivity index (χ1) is 11.8. The number of anilines is 1. The molecule has 0 amide bonds. The first-order valence-electron chi connectivity index (χ1n) is 7.37. The van der Waals surface area contributed by atoms with Crippen LogP contribution in [0.2, 0.25) is 0 Å². The fraction of sp³-hybridized carbons (Fsp3) is 0.0588. The molecule has 6 nitrogen and oxygen atoms in total. The fourth-order valence-electron chi connectivity index (χ4n) is 2.40. The van der Waals surface area contributed by atoms with E-state index in [0.29, 0.717) is 28.7 Å². The zero-order valence-corrected chi connectivity index (χ0v) is 13.4. The Kier molecular flexibility index (Phi) is 3.76. The van der Waals surface area contributed by atoms with E-state index < -0.39 is 0 Å². The number of nitrogens with one attached hydrogen (secondary N) is 2. The van der Waals surface area contributed by atoms with Crippen molar-refractivity contribution < 1.29 is 4.79 Å². The molecule has 0 saturated carbocycles. The summed E-state index contributed by atoms with van der Waals surface area (Å²) in [5.74, 6) is 0.315. The van der Waals surface area contributed by atoms with Crippen molar-refractivity contribution in [2.24, 2.45) is 0 Å². The van der Waals surface area contributed by atoms with Gasteiger partial charge in [0.1, 0.15) is 11.3 Å². The number of rotatable bonds is 5. The summed E-state index contributed by atoms with van der Waals surface area (Å²) in [6.45, 7) is 0.534. The Morgan fingerprint density at radius 1 is 1.21 bits per heavy atom. The highest BCUT2D eigenvalue weighted by atomic mass is 32.1. The van der Waals surface area contributed by atoms with Crippen molar-refractivity contribution in [2.45, 2.75) is 6.54 Å². The van der Waals surface area contributed by atoms with Crippen molar-refractivity contribution in [1.29, 1.82) is 0 Å². The molecule has 0 aliphatic carbocycles. The first-order valence-corrected chi connectivity index (χ1v) is 8.25. The number of ketones is 1. The summed E-state index contributed by atoms with van der Waals surface area (Å²) in [5.41, 5.74) is 2.05. The lowest BCUT2D eigenvalue weighted by Crippen LogP contribution is -2.09. The van der Waals surface area contributed by atoms with E-state index in [2.05, 4.69) is 25.3 Å². The molecule has 0 aliphatic rings. The van der Waals surface area contributed by atoms with E-state index in [1.54, 1.807) is 24.7 Å². The van der Waals surface area contributed by atoms with Gasteiger partial charge in [-0.1, -0.05) is 12.1 Å². The van der Waals surface area contributed by atoms with Gasteiger partial charge in [0.05, 0.1) is 4.88 Å². The Hall–Kier alpha value is -3.06. The van der Waals surface area contributed by atoms with Gasteiger partial charge in [-0.3, -0.25) is 9.78 Å². The van der Waals surface area contributed by atoms with Gasteiger partial charge >= 0.3 is 0 Å². The maximum Gasteiger partial charge on any atom is 0.225 e. The number of carbonyl (C=O) groups is 1. The number of hydrogen-bond acceptors (Lipinski definition) is 6. The SMILES string of the molecule is O=C(c1cccs1)c1nc(NCc2cccnc2)nc2[nH]ccc12. The van der Waals surface area contributed by atoms with Crippen molar-refractivity contribution in [3.63, 3.8) is 0 Å². The Morgan fingerprint density at radius 2 is 2.17 bits per heavy atom. The van der Waals surface area contributed by atoms with E-state index in [4.69, 9.17) is 0 Å². The van der Waals surface area contributed by atoms with Crippen molar-refractivity contribution in [3.8, 4) is 0 Å². The van der Waals surface area contributed by atoms with Gasteiger partial charge in [-0.15, -0.1) is 11.3 Å². The minimum atomic E-state index is -0.0959. The molecule has 2 N–H and O–H groups in total. The number of H-pyrrole nitrogens is 1. The predicted octanol–water partition coefficient (Wildman–Crippen LogP) is 3.26. The third-order valence-corrected chi connectivity index (χ3v) is 4.42. The van der Waals surface area contributed by atoms with E-state index in [1.165, 1.54) is 11.3 Å². The number of hydrogen-bond donors (Lipinski definition) is 2. The summed E-state index contributed by atoms with van der Waals surface area (Å²) in [7, 11) is 0. The van der Waals surface area contributed by atoms with Gasteiger partial charge in [-0.2, -0.15) is 4.98 Å². The number of nitrogens with zero attached hydrogens (tertiary/aromatic N) is 3. The highest BCUT2D eigenvalue weighted by molar-refractivity contribution is 7.12. The average Bonchev–Trinajstić information content (AvgIpc) is 3.31. The maximum atomic E-state index is 12.7. The van der Waals surface area contributed by atoms with Crippen LogP contribution in [0.4, 0.5) is 5.95 Å². The lowest BCUT2D eigenvalue weighted by Gasteiger charge is -2.07. The summed E-state index contributed by atoms with van der Waals surface area (Å²) in [6, 6.07) is 9.31. The second-order valence-electron chi connectivity index (χ2n) is 5.16. The van der Waals surface area contributed by atoms with Crippen LogP contribution in [0.5, 0.6) is 0 Å². The van der Waals surface area contributed by atoms with Crippen LogP contribution in [0, 0.1) is 0 Å². The predicted molar refractivity (Wildman–Crippen MR) is 93.2 cm³/mol. The van der Waals surface area contributed by atoms with Gasteiger partial charge in [-0.25, -0.2) is 4.98 Å². The molecule has 7 heteroatoms. The number of thiophene rings is 1. The first kappa shape index (κ1) is 14.5. The molecule has 118 valence electrons. The molecule has 0 fully saturated rings. The van der Waals surface area contributed by atoms with Gasteiger partial charge in [0.2, 0.25) is 11.7 Å². The lowest BCUT2D eigenvalue weighted by atomic mass is 10.2. The van der Waals surface area contributed by atoms with E-state index in [0.717, 1.165) is 10.9 Å². The molecule has 0 saturated heterocycles.